The van der Waals surface area contributed by atoms with Crippen molar-refractivity contribution in [3.63, 3.8) is 0 Å². The Morgan fingerprint density at radius 1 is 1.05 bits per heavy atom. The molecule has 1 heterocycles. The van der Waals surface area contributed by atoms with Crippen LogP contribution in [0.4, 0.5) is 0 Å². The Balaban J connectivity index is 1.94. The van der Waals surface area contributed by atoms with Gasteiger partial charge in [-0.2, -0.15) is 0 Å². The minimum absolute atomic E-state index is 0.00504. The van der Waals surface area contributed by atoms with Crippen molar-refractivity contribution < 1.29 is 9.59 Å². The molecule has 0 spiro atoms. The van der Waals surface area contributed by atoms with Gasteiger partial charge in [-0.15, -0.1) is 0 Å². The molecular weight excluding hydrogens is 276 g/mol. The third-order valence-corrected chi connectivity index (χ3v) is 3.97. The van der Waals surface area contributed by atoms with Crippen molar-refractivity contribution in [3.05, 3.63) is 41.5 Å². The van der Waals surface area contributed by atoms with Gasteiger partial charge in [0.25, 0.3) is 0 Å². The molecule has 1 aliphatic rings. The highest BCUT2D eigenvalue weighted by Crippen LogP contribution is 2.22. The summed E-state index contributed by atoms with van der Waals surface area (Å²) in [4.78, 5) is 26.2. The number of piperazine rings is 1. The zero-order chi connectivity index (χ0) is 16.2. The second-order valence-electron chi connectivity index (χ2n) is 6.67. The number of hydrogen-bond acceptors (Lipinski definition) is 2. The van der Waals surface area contributed by atoms with Crippen LogP contribution in [0.15, 0.2) is 30.3 Å². The smallest absolute Gasteiger partial charge is 0.246 e. The highest BCUT2D eigenvalue weighted by molar-refractivity contribution is 5.91. The molecule has 1 aromatic carbocycles. The maximum absolute atomic E-state index is 12.1. The van der Waals surface area contributed by atoms with E-state index >= 15 is 0 Å². The Morgan fingerprint density at radius 2 is 1.64 bits per heavy atom. The Hall–Kier alpha value is -2.10. The van der Waals surface area contributed by atoms with Crippen molar-refractivity contribution in [1.82, 2.24) is 9.80 Å². The van der Waals surface area contributed by atoms with E-state index in [0.29, 0.717) is 26.2 Å². The molecule has 1 aromatic rings. The van der Waals surface area contributed by atoms with Crippen molar-refractivity contribution in [3.8, 4) is 0 Å². The summed E-state index contributed by atoms with van der Waals surface area (Å²) in [6.45, 7) is 8.98. The van der Waals surface area contributed by atoms with Crippen molar-refractivity contribution in [1.29, 1.82) is 0 Å². The van der Waals surface area contributed by atoms with Crippen molar-refractivity contribution >= 4 is 18.4 Å². The van der Waals surface area contributed by atoms with Gasteiger partial charge in [0, 0.05) is 32.3 Å². The fourth-order valence-corrected chi connectivity index (χ4v) is 2.41. The first-order valence-corrected chi connectivity index (χ1v) is 7.67. The largest absolute Gasteiger partial charge is 0.342 e. The topological polar surface area (TPSA) is 40.6 Å². The van der Waals surface area contributed by atoms with E-state index in [-0.39, 0.29) is 11.3 Å². The van der Waals surface area contributed by atoms with Crippen LogP contribution in [-0.2, 0) is 15.0 Å². The number of hydrogen-bond donors (Lipinski definition) is 0. The molecule has 4 nitrogen and oxygen atoms in total. The van der Waals surface area contributed by atoms with Gasteiger partial charge in [0.15, 0.2) is 0 Å². The standard InChI is InChI=1S/C18H24N2O2/c1-18(2,3)16-7-4-15(5-8-16)6-9-17(22)20-12-10-19(14-21)11-13-20/h4-9,14H,10-13H2,1-3H3/b9-6+. The molecule has 0 unspecified atom stereocenters. The third kappa shape index (κ3) is 4.20. The summed E-state index contributed by atoms with van der Waals surface area (Å²) in [5.41, 5.74) is 2.44. The predicted octanol–water partition coefficient (Wildman–Crippen LogP) is 2.30. The van der Waals surface area contributed by atoms with E-state index < -0.39 is 0 Å². The van der Waals surface area contributed by atoms with Crippen LogP contribution in [0.5, 0.6) is 0 Å². The number of nitrogens with zero attached hydrogens (tertiary/aromatic N) is 2. The van der Waals surface area contributed by atoms with Gasteiger partial charge in [-0.3, -0.25) is 9.59 Å². The van der Waals surface area contributed by atoms with Gasteiger partial charge >= 0.3 is 0 Å². The van der Waals surface area contributed by atoms with E-state index in [2.05, 4.69) is 32.9 Å². The van der Waals surface area contributed by atoms with E-state index in [1.165, 1.54) is 5.56 Å². The Bertz CT molecular complexity index is 547. The summed E-state index contributed by atoms with van der Waals surface area (Å²) in [6, 6.07) is 8.28. The summed E-state index contributed by atoms with van der Waals surface area (Å²) in [5, 5.41) is 0. The molecular formula is C18H24N2O2. The molecule has 4 heteroatoms. The van der Waals surface area contributed by atoms with Gasteiger partial charge < -0.3 is 9.80 Å². The summed E-state index contributed by atoms with van der Waals surface area (Å²) >= 11 is 0. The lowest BCUT2D eigenvalue weighted by molar-refractivity contribution is -0.130. The monoisotopic (exact) mass is 300 g/mol. The fraction of sp³-hybridized carbons (Fsp3) is 0.444. The lowest BCUT2D eigenvalue weighted by Crippen LogP contribution is -2.47. The van der Waals surface area contributed by atoms with Gasteiger partial charge in [-0.25, -0.2) is 0 Å². The van der Waals surface area contributed by atoms with E-state index in [4.69, 9.17) is 0 Å². The molecule has 0 saturated carbocycles. The number of amides is 2. The van der Waals surface area contributed by atoms with E-state index in [0.717, 1.165) is 12.0 Å². The maximum Gasteiger partial charge on any atom is 0.246 e. The summed E-state index contributed by atoms with van der Waals surface area (Å²) < 4.78 is 0. The van der Waals surface area contributed by atoms with Crippen LogP contribution in [0.3, 0.4) is 0 Å². The van der Waals surface area contributed by atoms with Crippen LogP contribution >= 0.6 is 0 Å². The molecule has 0 aliphatic carbocycles. The molecule has 0 bridgehead atoms. The summed E-state index contributed by atoms with van der Waals surface area (Å²) in [5.74, 6) is 0.00504. The third-order valence-electron chi connectivity index (χ3n) is 3.97. The van der Waals surface area contributed by atoms with Gasteiger partial charge in [-0.05, 0) is 22.6 Å². The average molecular weight is 300 g/mol. The zero-order valence-electron chi connectivity index (χ0n) is 13.6. The first kappa shape index (κ1) is 16.3. The number of benzene rings is 1. The Kier molecular flexibility index (Phi) is 5.01. The van der Waals surface area contributed by atoms with Gasteiger partial charge in [0.05, 0.1) is 0 Å². The average Bonchev–Trinajstić information content (AvgIpc) is 2.52. The Morgan fingerprint density at radius 3 is 2.14 bits per heavy atom. The zero-order valence-corrected chi connectivity index (χ0v) is 13.6. The van der Waals surface area contributed by atoms with Crippen molar-refractivity contribution in [2.45, 2.75) is 26.2 Å². The maximum atomic E-state index is 12.1. The second-order valence-corrected chi connectivity index (χ2v) is 6.67. The van der Waals surface area contributed by atoms with E-state index in [1.807, 2.05) is 18.2 Å². The molecule has 0 aromatic heterocycles. The highest BCUT2D eigenvalue weighted by atomic mass is 16.2. The predicted molar refractivity (Wildman–Crippen MR) is 88.4 cm³/mol. The van der Waals surface area contributed by atoms with Crippen molar-refractivity contribution in [2.24, 2.45) is 0 Å². The molecule has 2 rings (SSSR count). The van der Waals surface area contributed by atoms with Crippen LogP contribution in [0.1, 0.15) is 31.9 Å². The minimum Gasteiger partial charge on any atom is -0.342 e. The van der Waals surface area contributed by atoms with Crippen LogP contribution in [0.2, 0.25) is 0 Å². The van der Waals surface area contributed by atoms with E-state index in [9.17, 15) is 9.59 Å². The molecule has 0 atom stereocenters. The summed E-state index contributed by atoms with van der Waals surface area (Å²) in [7, 11) is 0. The second kappa shape index (κ2) is 6.77. The van der Waals surface area contributed by atoms with Crippen LogP contribution < -0.4 is 0 Å². The molecule has 1 fully saturated rings. The molecule has 0 N–H and O–H groups in total. The fourth-order valence-electron chi connectivity index (χ4n) is 2.41. The van der Waals surface area contributed by atoms with Crippen molar-refractivity contribution in [2.75, 3.05) is 26.2 Å². The number of rotatable bonds is 3. The SMILES string of the molecule is CC(C)(C)c1ccc(/C=C/C(=O)N2CCN(C=O)CC2)cc1. The quantitative estimate of drug-likeness (QED) is 0.635. The lowest BCUT2D eigenvalue weighted by atomic mass is 9.87. The minimum atomic E-state index is 0.00504. The normalized spacial score (nSPS) is 16.1. The van der Waals surface area contributed by atoms with Gasteiger partial charge in [0.2, 0.25) is 12.3 Å². The van der Waals surface area contributed by atoms with Crippen LogP contribution in [0.25, 0.3) is 6.08 Å². The number of carbonyl (C=O) groups excluding carboxylic acids is 2. The van der Waals surface area contributed by atoms with Gasteiger partial charge in [0.1, 0.15) is 0 Å². The molecule has 2 amide bonds. The van der Waals surface area contributed by atoms with Crippen LogP contribution in [-0.4, -0.2) is 48.3 Å². The molecule has 22 heavy (non-hydrogen) atoms. The first-order valence-electron chi connectivity index (χ1n) is 7.67. The molecule has 1 saturated heterocycles. The summed E-state index contributed by atoms with van der Waals surface area (Å²) in [6.07, 6.45) is 4.30. The first-order chi connectivity index (χ1) is 10.4. The molecule has 0 radical (unpaired) electrons. The molecule has 118 valence electrons. The number of carbonyl (C=O) groups is 2. The van der Waals surface area contributed by atoms with Gasteiger partial charge in [-0.1, -0.05) is 45.0 Å². The highest BCUT2D eigenvalue weighted by Gasteiger charge is 2.18. The van der Waals surface area contributed by atoms with E-state index in [1.54, 1.807) is 15.9 Å². The lowest BCUT2D eigenvalue weighted by Gasteiger charge is -2.31. The Labute approximate surface area is 132 Å². The molecule has 1 aliphatic heterocycles. The van der Waals surface area contributed by atoms with Crippen LogP contribution in [0, 0.1) is 0 Å².